The molecule has 0 spiro atoms. The first kappa shape index (κ1) is 22.6. The van der Waals surface area contributed by atoms with Gasteiger partial charge in [0.1, 0.15) is 0 Å². The number of nitrogens with zero attached hydrogens (tertiary/aromatic N) is 3. The van der Waals surface area contributed by atoms with E-state index >= 15 is 0 Å². The number of thiophene rings is 1. The predicted octanol–water partition coefficient (Wildman–Crippen LogP) is 10.3. The van der Waals surface area contributed by atoms with Crippen molar-refractivity contribution in [3.05, 3.63) is 157 Å². The van der Waals surface area contributed by atoms with Crippen molar-refractivity contribution in [2.24, 2.45) is 0 Å². The molecule has 2 aliphatic heterocycles. The number of fused-ring (bicyclic) bond motifs is 13. The molecule has 0 bridgehead atoms. The van der Waals surface area contributed by atoms with E-state index in [1.165, 1.54) is 32.5 Å². The van der Waals surface area contributed by atoms with Crippen LogP contribution in [0.4, 0.5) is 17.1 Å². The highest BCUT2D eigenvalue weighted by Gasteiger charge is 2.44. The zero-order valence-electron chi connectivity index (χ0n) is 33.2. The Labute approximate surface area is 307 Å². The average molecular weight is 674 g/mol. The van der Waals surface area contributed by atoms with Gasteiger partial charge >= 0.3 is 0 Å². The molecule has 3 aromatic heterocycles. The highest BCUT2D eigenvalue weighted by molar-refractivity contribution is 7.33. The molecule has 0 atom stereocenters. The number of benzene rings is 7. The van der Waals surface area contributed by atoms with E-state index in [1.54, 1.807) is 29.5 Å². The van der Waals surface area contributed by atoms with Crippen molar-refractivity contribution in [2.75, 3.05) is 4.90 Å². The molecular weight excluding hydrogens is 637 g/mol. The summed E-state index contributed by atoms with van der Waals surface area (Å²) in [6, 6.07) is 49.5. The molecule has 12 rings (SSSR count). The van der Waals surface area contributed by atoms with Crippen molar-refractivity contribution in [1.82, 2.24) is 9.13 Å². The minimum absolute atomic E-state index is 0.126. The van der Waals surface area contributed by atoms with Gasteiger partial charge in [0, 0.05) is 72.9 Å². The van der Waals surface area contributed by atoms with E-state index in [4.69, 9.17) is 8.22 Å². The molecule has 0 unspecified atom stereocenters. The molecule has 0 amide bonds. The molecular formula is C46H30BN3S. The largest absolute Gasteiger partial charge is 0.310 e. The molecule has 7 aromatic carbocycles. The van der Waals surface area contributed by atoms with Crippen LogP contribution in [0.15, 0.2) is 146 Å². The van der Waals surface area contributed by atoms with Crippen molar-refractivity contribution >= 4 is 105 Å². The third kappa shape index (κ3) is 3.49. The standard InChI is InChI=1S/C46H30BN3S/c1-27-18-21-30(22-19-27)49-38-16-9-17-39-43(38)47(46-45(49)33-26-28(2)20-25-40(33)51-46)34-14-8-13-32-42-37(50(39)44(32)34)24-23-36-41(42)31-12-6-7-15-35(31)48(36)29-10-4-3-5-11-29/h3-26H,1-2H3/i1D3,2D3. The van der Waals surface area contributed by atoms with Gasteiger partial charge in [-0.2, -0.15) is 0 Å². The summed E-state index contributed by atoms with van der Waals surface area (Å²) in [5, 5.41) is 5.68. The van der Waals surface area contributed by atoms with E-state index in [1.807, 2.05) is 24.3 Å². The van der Waals surface area contributed by atoms with E-state index in [2.05, 4.69) is 117 Å². The SMILES string of the molecule is [2H]C([2H])([2H])c1ccc(N2c3cccc4c3B(c3sc5ccc(C([2H])([2H])[2H])cc5c32)c2cccc3c5c6c7ccccc7n(-c7ccccc7)c6ccc5n-4c23)cc1. The van der Waals surface area contributed by atoms with Crippen LogP contribution in [0.2, 0.25) is 0 Å². The smallest absolute Gasteiger partial charge is 0.264 e. The Morgan fingerprint density at radius 2 is 1.27 bits per heavy atom. The lowest BCUT2D eigenvalue weighted by atomic mass is 9.36. The second-order valence-corrected chi connectivity index (χ2v) is 14.8. The minimum Gasteiger partial charge on any atom is -0.310 e. The molecule has 5 heteroatoms. The molecule has 0 saturated carbocycles. The van der Waals surface area contributed by atoms with Crippen LogP contribution >= 0.6 is 11.3 Å². The predicted molar refractivity (Wildman–Crippen MR) is 219 cm³/mol. The van der Waals surface area contributed by atoms with Crippen LogP contribution in [0, 0.1) is 13.7 Å². The summed E-state index contributed by atoms with van der Waals surface area (Å²) in [6.45, 7) is -4.64. The summed E-state index contributed by atoms with van der Waals surface area (Å²) in [6.07, 6.45) is 0. The third-order valence-electron chi connectivity index (χ3n) is 11.1. The van der Waals surface area contributed by atoms with Gasteiger partial charge in [0.05, 0.1) is 22.2 Å². The third-order valence-corrected chi connectivity index (χ3v) is 12.3. The normalized spacial score (nSPS) is 15.5. The topological polar surface area (TPSA) is 13.1 Å². The summed E-state index contributed by atoms with van der Waals surface area (Å²) < 4.78 is 56.0. The lowest BCUT2D eigenvalue weighted by Gasteiger charge is -2.38. The van der Waals surface area contributed by atoms with Crippen LogP contribution in [-0.2, 0) is 0 Å². The molecule has 10 aromatic rings. The van der Waals surface area contributed by atoms with E-state index < -0.39 is 13.7 Å². The van der Waals surface area contributed by atoms with Crippen molar-refractivity contribution in [3.8, 4) is 11.4 Å². The Bertz CT molecular complexity index is 3340. The van der Waals surface area contributed by atoms with Gasteiger partial charge < -0.3 is 14.0 Å². The Morgan fingerprint density at radius 3 is 2.14 bits per heavy atom. The Hall–Kier alpha value is -6.04. The highest BCUT2D eigenvalue weighted by atomic mass is 32.1. The molecule has 5 heterocycles. The fourth-order valence-electron chi connectivity index (χ4n) is 9.16. The van der Waals surface area contributed by atoms with E-state index in [0.29, 0.717) is 0 Å². The number of rotatable bonds is 2. The van der Waals surface area contributed by atoms with Crippen molar-refractivity contribution in [1.29, 1.82) is 0 Å². The molecule has 0 saturated heterocycles. The molecule has 0 N–H and O–H groups in total. The maximum absolute atomic E-state index is 8.30. The number of aryl methyl sites for hydroxylation is 2. The molecule has 0 aliphatic carbocycles. The van der Waals surface area contributed by atoms with Gasteiger partial charge in [0.15, 0.2) is 0 Å². The number of para-hydroxylation sites is 3. The molecule has 238 valence electrons. The van der Waals surface area contributed by atoms with E-state index in [-0.39, 0.29) is 17.8 Å². The molecule has 3 nitrogen and oxygen atoms in total. The van der Waals surface area contributed by atoms with Gasteiger partial charge in [0.25, 0.3) is 6.71 Å². The highest BCUT2D eigenvalue weighted by Crippen LogP contribution is 2.47. The van der Waals surface area contributed by atoms with E-state index in [0.717, 1.165) is 65.3 Å². The summed E-state index contributed by atoms with van der Waals surface area (Å²) in [7, 11) is 0. The van der Waals surface area contributed by atoms with Crippen LogP contribution in [-0.4, -0.2) is 15.8 Å². The van der Waals surface area contributed by atoms with Gasteiger partial charge in [-0.25, -0.2) is 0 Å². The van der Waals surface area contributed by atoms with Crippen LogP contribution < -0.4 is 20.6 Å². The average Bonchev–Trinajstić information content (AvgIpc) is 3.87. The van der Waals surface area contributed by atoms with Gasteiger partial charge in [-0.15, -0.1) is 11.3 Å². The monoisotopic (exact) mass is 673 g/mol. The van der Waals surface area contributed by atoms with Crippen molar-refractivity contribution in [2.45, 2.75) is 13.7 Å². The Balaban J connectivity index is 1.21. The molecule has 0 radical (unpaired) electrons. The Kier molecular flexibility index (Phi) is 4.35. The van der Waals surface area contributed by atoms with Crippen LogP contribution in [0.3, 0.4) is 0 Å². The number of hydrogen-bond acceptors (Lipinski definition) is 2. The summed E-state index contributed by atoms with van der Waals surface area (Å²) >= 11 is 1.71. The van der Waals surface area contributed by atoms with Gasteiger partial charge in [-0.3, -0.25) is 0 Å². The first-order chi connectivity index (χ1) is 27.6. The number of hydrogen-bond donors (Lipinski definition) is 0. The van der Waals surface area contributed by atoms with Crippen LogP contribution in [0.5, 0.6) is 0 Å². The van der Waals surface area contributed by atoms with Gasteiger partial charge in [-0.1, -0.05) is 90.0 Å². The summed E-state index contributed by atoms with van der Waals surface area (Å²) in [5.74, 6) is 0. The van der Waals surface area contributed by atoms with Crippen molar-refractivity contribution < 1.29 is 8.22 Å². The summed E-state index contributed by atoms with van der Waals surface area (Å²) in [4.78, 5) is 2.22. The fourth-order valence-corrected chi connectivity index (χ4v) is 10.5. The zero-order valence-corrected chi connectivity index (χ0v) is 28.0. The maximum Gasteiger partial charge on any atom is 0.264 e. The maximum atomic E-state index is 8.30. The molecule has 51 heavy (non-hydrogen) atoms. The lowest BCUT2D eigenvalue weighted by Crippen LogP contribution is -2.59. The fraction of sp³-hybridized carbons (Fsp3) is 0.0435. The zero-order chi connectivity index (χ0) is 38.5. The van der Waals surface area contributed by atoms with Crippen LogP contribution in [0.1, 0.15) is 19.4 Å². The first-order valence-electron chi connectivity index (χ1n) is 20.2. The number of aromatic nitrogens is 2. The number of anilines is 3. The van der Waals surface area contributed by atoms with Crippen molar-refractivity contribution in [3.63, 3.8) is 0 Å². The second kappa shape index (κ2) is 9.81. The van der Waals surface area contributed by atoms with Gasteiger partial charge in [0.2, 0.25) is 0 Å². The van der Waals surface area contributed by atoms with E-state index in [9.17, 15) is 0 Å². The Morgan fingerprint density at radius 1 is 0.549 bits per heavy atom. The molecule has 0 fully saturated rings. The van der Waals surface area contributed by atoms with Gasteiger partial charge in [-0.05, 0) is 91.4 Å². The quantitative estimate of drug-likeness (QED) is 0.167. The molecule has 2 aliphatic rings. The minimum atomic E-state index is -2.28. The second-order valence-electron chi connectivity index (χ2n) is 13.7. The van der Waals surface area contributed by atoms with Crippen LogP contribution in [0.25, 0.3) is 65.1 Å². The lowest BCUT2D eigenvalue weighted by molar-refractivity contribution is 1.17. The summed E-state index contributed by atoms with van der Waals surface area (Å²) in [5.41, 5.74) is 12.5. The first-order valence-corrected chi connectivity index (χ1v) is 18.0.